The predicted molar refractivity (Wildman–Crippen MR) is 107 cm³/mol. The molecule has 1 amide bonds. The van der Waals surface area contributed by atoms with Crippen LogP contribution in [-0.4, -0.2) is 40.6 Å². The summed E-state index contributed by atoms with van der Waals surface area (Å²) >= 11 is 0. The molecular formula is C20H18F3N7O2. The highest BCUT2D eigenvalue weighted by Crippen LogP contribution is 2.29. The van der Waals surface area contributed by atoms with Crippen LogP contribution in [0, 0.1) is 0 Å². The molecule has 0 bridgehead atoms. The summed E-state index contributed by atoms with van der Waals surface area (Å²) in [5, 5.41) is 27.6. The highest BCUT2D eigenvalue weighted by molar-refractivity contribution is 5.90. The quantitative estimate of drug-likeness (QED) is 0.472. The fraction of sp³-hybridized carbons (Fsp3) is 0.250. The summed E-state index contributed by atoms with van der Waals surface area (Å²) in [6.07, 6.45) is -2.51. The van der Waals surface area contributed by atoms with E-state index >= 15 is 0 Å². The molecule has 1 unspecified atom stereocenters. The summed E-state index contributed by atoms with van der Waals surface area (Å²) < 4.78 is 41.6. The van der Waals surface area contributed by atoms with Gasteiger partial charge in [0.1, 0.15) is 18.1 Å². The molecule has 0 saturated carbocycles. The normalized spacial score (nSPS) is 12.8. The van der Waals surface area contributed by atoms with Crippen molar-refractivity contribution < 1.29 is 23.1 Å². The fourth-order valence-corrected chi connectivity index (χ4v) is 3.04. The maximum absolute atomic E-state index is 13.0. The molecule has 0 aliphatic carbocycles. The number of hydrogen-bond acceptors (Lipinski definition) is 6. The number of alkyl halides is 3. The number of fused-ring (bicyclic) bond motifs is 1. The molecule has 2 N–H and O–H groups in total. The molecule has 0 radical (unpaired) electrons. The van der Waals surface area contributed by atoms with Crippen molar-refractivity contribution in [1.82, 2.24) is 29.6 Å². The lowest BCUT2D eigenvalue weighted by Crippen LogP contribution is -2.19. The van der Waals surface area contributed by atoms with Crippen molar-refractivity contribution >= 4 is 17.2 Å². The van der Waals surface area contributed by atoms with Crippen LogP contribution in [0.5, 0.6) is 0 Å². The SMILES string of the molecule is CC(O)c1cn(CC(=O)Nc2ccc(Cc3nnc4ccc(C(F)(F)F)cn34)cc2)nn1. The van der Waals surface area contributed by atoms with Gasteiger partial charge in [-0.3, -0.25) is 9.20 Å². The van der Waals surface area contributed by atoms with Crippen molar-refractivity contribution in [3.63, 3.8) is 0 Å². The Hall–Kier alpha value is -3.80. The molecule has 3 aromatic heterocycles. The molecule has 1 aromatic carbocycles. The van der Waals surface area contributed by atoms with Gasteiger partial charge in [0.2, 0.25) is 5.91 Å². The highest BCUT2D eigenvalue weighted by Gasteiger charge is 2.31. The van der Waals surface area contributed by atoms with E-state index in [4.69, 9.17) is 0 Å². The molecule has 4 rings (SSSR count). The van der Waals surface area contributed by atoms with Crippen LogP contribution in [0.1, 0.15) is 35.7 Å². The molecule has 0 fully saturated rings. The predicted octanol–water partition coefficient (Wildman–Crippen LogP) is 2.62. The van der Waals surface area contributed by atoms with Crippen LogP contribution in [0.15, 0.2) is 48.8 Å². The molecule has 166 valence electrons. The molecule has 3 heterocycles. The molecule has 0 saturated heterocycles. The van der Waals surface area contributed by atoms with Gasteiger partial charge in [-0.25, -0.2) is 4.68 Å². The Bertz CT molecular complexity index is 1250. The van der Waals surface area contributed by atoms with Crippen molar-refractivity contribution in [1.29, 1.82) is 0 Å². The first-order valence-corrected chi connectivity index (χ1v) is 9.57. The zero-order valence-corrected chi connectivity index (χ0v) is 16.8. The number of carbonyl (C=O) groups excluding carboxylic acids is 1. The van der Waals surface area contributed by atoms with Crippen molar-refractivity contribution in [3.8, 4) is 0 Å². The molecule has 1 atom stereocenters. The maximum Gasteiger partial charge on any atom is 0.417 e. The Balaban J connectivity index is 1.42. The van der Waals surface area contributed by atoms with Gasteiger partial charge in [-0.05, 0) is 36.8 Å². The minimum atomic E-state index is -4.46. The maximum atomic E-state index is 13.0. The lowest BCUT2D eigenvalue weighted by atomic mass is 10.1. The standard InChI is InChI=1S/C20H18F3N7O2/c1-12(31)16-10-29(28-25-16)11-19(32)24-15-5-2-13(3-6-15)8-18-27-26-17-7-4-14(9-30(17)18)20(21,22)23/h2-7,9-10,12,31H,8,11H2,1H3,(H,24,32). The van der Waals surface area contributed by atoms with Crippen molar-refractivity contribution in [2.24, 2.45) is 0 Å². The van der Waals surface area contributed by atoms with E-state index in [0.29, 0.717) is 22.9 Å². The van der Waals surface area contributed by atoms with Gasteiger partial charge in [0.05, 0.1) is 17.9 Å². The van der Waals surface area contributed by atoms with E-state index in [1.54, 1.807) is 31.2 Å². The second kappa shape index (κ2) is 8.38. The number of amides is 1. The van der Waals surface area contributed by atoms with Gasteiger partial charge in [-0.2, -0.15) is 13.2 Å². The minimum Gasteiger partial charge on any atom is -0.387 e. The number of benzene rings is 1. The summed E-state index contributed by atoms with van der Waals surface area (Å²) in [5.74, 6) is 0.0332. The second-order valence-electron chi connectivity index (χ2n) is 7.20. The van der Waals surface area contributed by atoms with Gasteiger partial charge in [0.25, 0.3) is 0 Å². The van der Waals surface area contributed by atoms with Gasteiger partial charge in [-0.1, -0.05) is 17.3 Å². The lowest BCUT2D eigenvalue weighted by molar-refractivity contribution is -0.137. The third-order valence-electron chi connectivity index (χ3n) is 4.69. The number of anilines is 1. The average Bonchev–Trinajstić information content (AvgIpc) is 3.36. The van der Waals surface area contributed by atoms with Crippen LogP contribution >= 0.6 is 0 Å². The molecule has 12 heteroatoms. The van der Waals surface area contributed by atoms with E-state index < -0.39 is 17.8 Å². The lowest BCUT2D eigenvalue weighted by Gasteiger charge is -2.08. The van der Waals surface area contributed by atoms with Gasteiger partial charge in [0.15, 0.2) is 5.65 Å². The summed E-state index contributed by atoms with van der Waals surface area (Å²) in [6.45, 7) is 1.47. The van der Waals surface area contributed by atoms with E-state index in [1.165, 1.54) is 21.3 Å². The molecule has 0 spiro atoms. The largest absolute Gasteiger partial charge is 0.417 e. The minimum absolute atomic E-state index is 0.0747. The number of halogens is 3. The van der Waals surface area contributed by atoms with Crippen LogP contribution in [0.25, 0.3) is 5.65 Å². The molecule has 32 heavy (non-hydrogen) atoms. The molecule has 0 aliphatic rings. The Labute approximate surface area is 179 Å². The number of nitrogens with zero attached hydrogens (tertiary/aromatic N) is 6. The number of aromatic nitrogens is 6. The van der Waals surface area contributed by atoms with Gasteiger partial charge < -0.3 is 10.4 Å². The van der Waals surface area contributed by atoms with Crippen LogP contribution in [-0.2, 0) is 23.9 Å². The summed E-state index contributed by atoms with van der Waals surface area (Å²) in [6, 6.07) is 9.09. The number of aliphatic hydroxyl groups is 1. The number of nitrogens with one attached hydrogen (secondary N) is 1. The number of aliphatic hydroxyl groups excluding tert-OH is 1. The average molecular weight is 445 g/mol. The second-order valence-corrected chi connectivity index (χ2v) is 7.20. The molecular weight excluding hydrogens is 427 g/mol. The van der Waals surface area contributed by atoms with Crippen LogP contribution in [0.4, 0.5) is 18.9 Å². The summed E-state index contributed by atoms with van der Waals surface area (Å²) in [7, 11) is 0. The number of pyridine rings is 1. The van der Waals surface area contributed by atoms with Crippen molar-refractivity contribution in [2.45, 2.75) is 32.2 Å². The number of hydrogen-bond donors (Lipinski definition) is 2. The van der Waals surface area contributed by atoms with Crippen LogP contribution < -0.4 is 5.32 Å². The Kier molecular flexibility index (Phi) is 5.61. The van der Waals surface area contributed by atoms with E-state index in [2.05, 4.69) is 25.8 Å². The summed E-state index contributed by atoms with van der Waals surface area (Å²) in [4.78, 5) is 12.2. The fourth-order valence-electron chi connectivity index (χ4n) is 3.04. The first-order valence-electron chi connectivity index (χ1n) is 9.57. The van der Waals surface area contributed by atoms with E-state index in [-0.39, 0.29) is 18.9 Å². The monoisotopic (exact) mass is 445 g/mol. The zero-order chi connectivity index (χ0) is 22.9. The smallest absolute Gasteiger partial charge is 0.387 e. The van der Waals surface area contributed by atoms with Gasteiger partial charge >= 0.3 is 6.18 Å². The number of carbonyl (C=O) groups is 1. The van der Waals surface area contributed by atoms with Crippen molar-refractivity contribution in [3.05, 3.63) is 71.4 Å². The third-order valence-corrected chi connectivity index (χ3v) is 4.69. The number of rotatable bonds is 6. The van der Waals surface area contributed by atoms with Crippen LogP contribution in [0.2, 0.25) is 0 Å². The topological polar surface area (TPSA) is 110 Å². The van der Waals surface area contributed by atoms with Gasteiger partial charge in [-0.15, -0.1) is 15.3 Å². The van der Waals surface area contributed by atoms with E-state index in [1.807, 2.05) is 0 Å². The van der Waals surface area contributed by atoms with Gasteiger partial charge in [0, 0.05) is 18.3 Å². The Morgan fingerprint density at radius 2 is 1.84 bits per heavy atom. The first-order chi connectivity index (χ1) is 15.2. The first kappa shape index (κ1) is 21.4. The Morgan fingerprint density at radius 1 is 1.09 bits per heavy atom. The highest BCUT2D eigenvalue weighted by atomic mass is 19.4. The molecule has 0 aliphatic heterocycles. The van der Waals surface area contributed by atoms with Crippen LogP contribution in [0.3, 0.4) is 0 Å². The van der Waals surface area contributed by atoms with E-state index in [0.717, 1.165) is 17.8 Å². The third kappa shape index (κ3) is 4.75. The van der Waals surface area contributed by atoms with Crippen molar-refractivity contribution in [2.75, 3.05) is 5.32 Å². The molecule has 9 nitrogen and oxygen atoms in total. The Morgan fingerprint density at radius 3 is 2.50 bits per heavy atom. The van der Waals surface area contributed by atoms with E-state index in [9.17, 15) is 23.1 Å². The molecule has 4 aromatic rings. The zero-order valence-electron chi connectivity index (χ0n) is 16.8. The summed E-state index contributed by atoms with van der Waals surface area (Å²) in [5.41, 5.74) is 1.24.